The molecule has 1 fully saturated rings. The Morgan fingerprint density at radius 1 is 1.31 bits per heavy atom. The van der Waals surface area contributed by atoms with E-state index in [1.165, 1.54) is 31.2 Å². The van der Waals surface area contributed by atoms with Gasteiger partial charge in [0.05, 0.1) is 22.8 Å². The summed E-state index contributed by atoms with van der Waals surface area (Å²) in [5, 5.41) is 22.0. The fourth-order valence-electron chi connectivity index (χ4n) is 2.81. The quantitative estimate of drug-likeness (QED) is 0.602. The van der Waals surface area contributed by atoms with Crippen LogP contribution in [0.15, 0.2) is 24.3 Å². The molecular weight excluding hydrogens is 359 g/mol. The number of alkyl halides is 3. The maximum absolute atomic E-state index is 13.0. The summed E-state index contributed by atoms with van der Waals surface area (Å²) in [6.45, 7) is 0.391. The summed E-state index contributed by atoms with van der Waals surface area (Å²) in [6.07, 6.45) is -4.67. The number of non-ortho nitro benzene ring substituents is 1. The molecule has 2 rings (SSSR count). The number of aliphatic carboxylic acids is 1. The number of nitro benzene ring substituents is 1. The number of hydrogen-bond acceptors (Lipinski definition) is 5. The summed E-state index contributed by atoms with van der Waals surface area (Å²) in [4.78, 5) is 34.5. The molecule has 1 aromatic rings. The van der Waals surface area contributed by atoms with Crippen molar-refractivity contribution in [3.63, 3.8) is 0 Å². The summed E-state index contributed by atoms with van der Waals surface area (Å²) in [5.74, 6) is -5.87. The molecule has 1 aromatic carbocycles. The van der Waals surface area contributed by atoms with Crippen molar-refractivity contribution in [3.05, 3.63) is 34.4 Å². The number of carbonyl (C=O) groups is 2. The third kappa shape index (κ3) is 4.28. The predicted molar refractivity (Wildman–Crippen MR) is 83.4 cm³/mol. The average Bonchev–Trinajstić information content (AvgIpc) is 3.00. The second kappa shape index (κ2) is 7.28. The van der Waals surface area contributed by atoms with Gasteiger partial charge in [-0.1, -0.05) is 0 Å². The van der Waals surface area contributed by atoms with E-state index in [1.54, 1.807) is 0 Å². The molecule has 1 heterocycles. The predicted octanol–water partition coefficient (Wildman–Crippen LogP) is 2.12. The maximum Gasteiger partial charge on any atom is 0.393 e. The van der Waals surface area contributed by atoms with Crippen molar-refractivity contribution in [1.82, 2.24) is 4.90 Å². The molecule has 8 nitrogen and oxygen atoms in total. The van der Waals surface area contributed by atoms with Crippen molar-refractivity contribution in [1.29, 1.82) is 0 Å². The number of likely N-dealkylation sites (tertiary alicyclic amines) is 1. The topological polar surface area (TPSA) is 113 Å². The van der Waals surface area contributed by atoms with Gasteiger partial charge in [-0.05, 0) is 19.1 Å². The lowest BCUT2D eigenvalue weighted by atomic mass is 9.96. The number of carbonyl (C=O) groups excluding carboxylic acids is 1. The van der Waals surface area contributed by atoms with E-state index in [0.717, 1.165) is 4.90 Å². The van der Waals surface area contributed by atoms with E-state index in [2.05, 4.69) is 5.32 Å². The highest BCUT2D eigenvalue weighted by Gasteiger charge is 2.53. The Morgan fingerprint density at radius 3 is 2.31 bits per heavy atom. The van der Waals surface area contributed by atoms with Gasteiger partial charge in [0.25, 0.3) is 5.69 Å². The first kappa shape index (κ1) is 19.6. The Labute approximate surface area is 145 Å². The van der Waals surface area contributed by atoms with Crippen molar-refractivity contribution in [3.8, 4) is 0 Å². The van der Waals surface area contributed by atoms with Gasteiger partial charge in [-0.3, -0.25) is 24.6 Å². The van der Waals surface area contributed by atoms with Crippen molar-refractivity contribution in [2.75, 3.05) is 18.4 Å². The summed E-state index contributed by atoms with van der Waals surface area (Å²) in [7, 11) is 0. The third-order valence-electron chi connectivity index (χ3n) is 4.36. The van der Waals surface area contributed by atoms with Gasteiger partial charge in [-0.25, -0.2) is 0 Å². The minimum absolute atomic E-state index is 0.173. The van der Waals surface area contributed by atoms with Crippen molar-refractivity contribution in [2.45, 2.75) is 19.1 Å². The van der Waals surface area contributed by atoms with E-state index in [4.69, 9.17) is 5.11 Å². The highest BCUT2D eigenvalue weighted by atomic mass is 19.4. The zero-order valence-corrected chi connectivity index (χ0v) is 13.6. The van der Waals surface area contributed by atoms with Crippen LogP contribution in [0.2, 0.25) is 0 Å². The molecule has 0 aliphatic carbocycles. The van der Waals surface area contributed by atoms with Crippen LogP contribution in [0.1, 0.15) is 6.92 Å². The van der Waals surface area contributed by atoms with Gasteiger partial charge in [0.2, 0.25) is 5.91 Å². The van der Waals surface area contributed by atoms with Crippen LogP contribution in [0.4, 0.5) is 24.5 Å². The van der Waals surface area contributed by atoms with E-state index < -0.39 is 53.9 Å². The monoisotopic (exact) mass is 375 g/mol. The van der Waals surface area contributed by atoms with Gasteiger partial charge < -0.3 is 10.4 Å². The molecule has 2 N–H and O–H groups in total. The van der Waals surface area contributed by atoms with Crippen LogP contribution >= 0.6 is 0 Å². The van der Waals surface area contributed by atoms with Crippen LogP contribution in [0.3, 0.4) is 0 Å². The molecule has 1 unspecified atom stereocenters. The molecule has 0 radical (unpaired) electrons. The summed E-state index contributed by atoms with van der Waals surface area (Å²) >= 11 is 0. The van der Waals surface area contributed by atoms with Crippen LogP contribution < -0.4 is 5.32 Å². The molecule has 3 atom stereocenters. The molecule has 1 amide bonds. The van der Waals surface area contributed by atoms with Gasteiger partial charge in [0, 0.05) is 30.9 Å². The lowest BCUT2D eigenvalue weighted by Crippen LogP contribution is -2.41. The first-order valence-corrected chi connectivity index (χ1v) is 7.59. The zero-order chi connectivity index (χ0) is 19.6. The number of carboxylic acid groups (broad SMARTS) is 1. The second-order valence-corrected chi connectivity index (χ2v) is 6.02. The van der Waals surface area contributed by atoms with Gasteiger partial charge >= 0.3 is 12.1 Å². The molecule has 0 aromatic heterocycles. The number of benzene rings is 1. The zero-order valence-electron chi connectivity index (χ0n) is 13.6. The Balaban J connectivity index is 2.06. The molecule has 0 saturated carbocycles. The van der Waals surface area contributed by atoms with E-state index in [9.17, 15) is 32.9 Å². The molecule has 0 bridgehead atoms. The summed E-state index contributed by atoms with van der Waals surface area (Å²) < 4.78 is 39.0. The molecule has 26 heavy (non-hydrogen) atoms. The second-order valence-electron chi connectivity index (χ2n) is 6.02. The highest BCUT2D eigenvalue weighted by molar-refractivity contribution is 5.94. The number of hydrogen-bond donors (Lipinski definition) is 2. The van der Waals surface area contributed by atoms with Crippen LogP contribution in [0.5, 0.6) is 0 Å². The highest BCUT2D eigenvalue weighted by Crippen LogP contribution is 2.38. The smallest absolute Gasteiger partial charge is 0.393 e. The number of carboxylic acids is 1. The Morgan fingerprint density at radius 2 is 1.88 bits per heavy atom. The first-order valence-electron chi connectivity index (χ1n) is 7.59. The number of amides is 1. The standard InChI is InChI=1S/C15H16F3N3O5/c1-8(13(22)19-9-2-4-10(5-3-9)21(25)26)20-6-11(14(23)24)12(7-20)15(16,17)18/h2-5,8,11-12H,6-7H2,1H3,(H,19,22)(H,23,24)/t8?,11-,12-/m1/s1. The molecular formula is C15H16F3N3O5. The van der Waals surface area contributed by atoms with E-state index in [1.807, 2.05) is 0 Å². The minimum Gasteiger partial charge on any atom is -0.481 e. The molecule has 11 heteroatoms. The lowest BCUT2D eigenvalue weighted by Gasteiger charge is -2.23. The SMILES string of the molecule is CC(C(=O)Nc1ccc([N+](=O)[O-])cc1)N1C[C@@H](C(F)(F)F)[C@H](C(=O)O)C1. The van der Waals surface area contributed by atoms with Crippen LogP contribution in [0, 0.1) is 22.0 Å². The van der Waals surface area contributed by atoms with E-state index in [-0.39, 0.29) is 11.4 Å². The van der Waals surface area contributed by atoms with E-state index in [0.29, 0.717) is 0 Å². The Kier molecular flexibility index (Phi) is 5.50. The third-order valence-corrected chi connectivity index (χ3v) is 4.36. The minimum atomic E-state index is -4.67. The van der Waals surface area contributed by atoms with Gasteiger partial charge in [-0.15, -0.1) is 0 Å². The van der Waals surface area contributed by atoms with Crippen molar-refractivity contribution in [2.24, 2.45) is 11.8 Å². The first-order chi connectivity index (χ1) is 12.0. The fraction of sp³-hybridized carbons (Fsp3) is 0.467. The van der Waals surface area contributed by atoms with Gasteiger partial charge in [-0.2, -0.15) is 13.2 Å². The average molecular weight is 375 g/mol. The number of nitro groups is 1. The van der Waals surface area contributed by atoms with Gasteiger partial charge in [0.15, 0.2) is 0 Å². The van der Waals surface area contributed by atoms with Gasteiger partial charge in [0.1, 0.15) is 0 Å². The fourth-order valence-corrected chi connectivity index (χ4v) is 2.81. The summed E-state index contributed by atoms with van der Waals surface area (Å²) in [5.41, 5.74) is 0.0710. The maximum atomic E-state index is 13.0. The molecule has 1 aliphatic rings. The number of anilines is 1. The number of halogens is 3. The Bertz CT molecular complexity index is 707. The van der Waals surface area contributed by atoms with Crippen LogP contribution in [-0.4, -0.2) is 52.1 Å². The number of rotatable bonds is 5. The van der Waals surface area contributed by atoms with Crippen LogP contribution in [0.25, 0.3) is 0 Å². The van der Waals surface area contributed by atoms with Crippen molar-refractivity contribution >= 4 is 23.3 Å². The molecule has 1 saturated heterocycles. The number of nitrogens with one attached hydrogen (secondary N) is 1. The molecule has 0 spiro atoms. The normalized spacial score (nSPS) is 22.0. The lowest BCUT2D eigenvalue weighted by molar-refractivity contribution is -0.384. The Hall–Kier alpha value is -2.69. The number of nitrogens with zero attached hydrogens (tertiary/aromatic N) is 2. The largest absolute Gasteiger partial charge is 0.481 e. The van der Waals surface area contributed by atoms with Crippen molar-refractivity contribution < 1.29 is 32.8 Å². The van der Waals surface area contributed by atoms with E-state index >= 15 is 0 Å². The van der Waals surface area contributed by atoms with Crippen LogP contribution in [-0.2, 0) is 9.59 Å². The molecule has 142 valence electrons. The molecule has 1 aliphatic heterocycles. The summed E-state index contributed by atoms with van der Waals surface area (Å²) in [6, 6.07) is 3.95.